The van der Waals surface area contributed by atoms with Gasteiger partial charge in [0.1, 0.15) is 0 Å². The van der Waals surface area contributed by atoms with E-state index in [2.05, 4.69) is 12.2 Å². The van der Waals surface area contributed by atoms with Gasteiger partial charge in [0.15, 0.2) is 0 Å². The van der Waals surface area contributed by atoms with E-state index < -0.39 is 5.91 Å². The van der Waals surface area contributed by atoms with E-state index in [1.807, 2.05) is 0 Å². The predicted molar refractivity (Wildman–Crippen MR) is 67.4 cm³/mol. The molecule has 0 spiro atoms. The third-order valence-electron chi connectivity index (χ3n) is 2.43. The van der Waals surface area contributed by atoms with Gasteiger partial charge in [0.25, 0.3) is 0 Å². The summed E-state index contributed by atoms with van der Waals surface area (Å²) in [7, 11) is 0. The van der Waals surface area contributed by atoms with Gasteiger partial charge in [-0.25, -0.2) is 0 Å². The Bertz CT molecular complexity index is 363. The Hall–Kier alpha value is -1.71. The highest BCUT2D eigenvalue weighted by Gasteiger charge is 2.03. The van der Waals surface area contributed by atoms with Crippen molar-refractivity contribution in [2.24, 2.45) is 5.73 Å². The molecule has 4 nitrogen and oxygen atoms in total. The Labute approximate surface area is 96.0 Å². The van der Waals surface area contributed by atoms with E-state index in [0.717, 1.165) is 18.7 Å². The van der Waals surface area contributed by atoms with Crippen LogP contribution in [-0.4, -0.2) is 12.5 Å². The summed E-state index contributed by atoms with van der Waals surface area (Å²) in [6, 6.07) is 5.08. The fraction of sp³-hybridized carbons (Fsp3) is 0.417. The number of rotatable bonds is 6. The van der Waals surface area contributed by atoms with Crippen molar-refractivity contribution < 1.29 is 4.79 Å². The van der Waals surface area contributed by atoms with Gasteiger partial charge in [-0.1, -0.05) is 19.8 Å². The molecule has 0 aliphatic heterocycles. The summed E-state index contributed by atoms with van der Waals surface area (Å²) in [4.78, 5) is 10.9. The molecule has 4 heteroatoms. The van der Waals surface area contributed by atoms with Crippen molar-refractivity contribution in [2.75, 3.05) is 17.6 Å². The van der Waals surface area contributed by atoms with E-state index in [0.29, 0.717) is 11.3 Å². The first-order chi connectivity index (χ1) is 7.65. The molecule has 0 heterocycles. The second-order valence-corrected chi connectivity index (χ2v) is 3.80. The number of unbranched alkanes of at least 4 members (excludes halogenated alkanes) is 2. The molecule has 0 aliphatic carbocycles. The van der Waals surface area contributed by atoms with E-state index in [1.54, 1.807) is 18.2 Å². The number of anilines is 2. The van der Waals surface area contributed by atoms with Crippen molar-refractivity contribution in [2.45, 2.75) is 26.2 Å². The molecule has 0 aliphatic rings. The normalized spacial score (nSPS) is 10.1. The van der Waals surface area contributed by atoms with Crippen molar-refractivity contribution in [1.82, 2.24) is 0 Å². The van der Waals surface area contributed by atoms with E-state index in [4.69, 9.17) is 11.5 Å². The largest absolute Gasteiger partial charge is 0.397 e. The third-order valence-corrected chi connectivity index (χ3v) is 2.43. The van der Waals surface area contributed by atoms with Gasteiger partial charge in [0, 0.05) is 12.1 Å². The van der Waals surface area contributed by atoms with Crippen LogP contribution in [0.1, 0.15) is 36.5 Å². The highest BCUT2D eigenvalue weighted by molar-refractivity contribution is 5.94. The van der Waals surface area contributed by atoms with E-state index in [1.165, 1.54) is 12.8 Å². The van der Waals surface area contributed by atoms with Crippen molar-refractivity contribution in [3.63, 3.8) is 0 Å². The molecule has 1 aromatic rings. The number of hydrogen-bond donors (Lipinski definition) is 3. The van der Waals surface area contributed by atoms with Gasteiger partial charge in [-0.15, -0.1) is 0 Å². The molecule has 1 amide bonds. The lowest BCUT2D eigenvalue weighted by molar-refractivity contribution is 0.100. The Morgan fingerprint density at radius 2 is 2.12 bits per heavy atom. The van der Waals surface area contributed by atoms with Gasteiger partial charge in [0.05, 0.1) is 11.4 Å². The monoisotopic (exact) mass is 221 g/mol. The predicted octanol–water partition coefficient (Wildman–Crippen LogP) is 1.97. The minimum absolute atomic E-state index is 0.441. The maximum atomic E-state index is 10.9. The molecule has 0 unspecified atom stereocenters. The zero-order valence-electron chi connectivity index (χ0n) is 9.62. The molecule has 0 fully saturated rings. The van der Waals surface area contributed by atoms with Crippen LogP contribution in [0, 0.1) is 0 Å². The van der Waals surface area contributed by atoms with Gasteiger partial charge in [0.2, 0.25) is 5.91 Å². The molecule has 1 aromatic carbocycles. The van der Waals surface area contributed by atoms with Crippen LogP contribution in [-0.2, 0) is 0 Å². The molecule has 0 saturated carbocycles. The summed E-state index contributed by atoms with van der Waals surface area (Å²) in [5.74, 6) is -0.454. The average molecular weight is 221 g/mol. The zero-order chi connectivity index (χ0) is 12.0. The minimum atomic E-state index is -0.454. The fourth-order valence-electron chi connectivity index (χ4n) is 1.48. The average Bonchev–Trinajstić information content (AvgIpc) is 2.26. The number of amides is 1. The number of nitrogen functional groups attached to an aromatic ring is 1. The quantitative estimate of drug-likeness (QED) is 0.507. The Balaban J connectivity index is 2.57. The molecular weight excluding hydrogens is 202 g/mol. The molecule has 0 radical (unpaired) electrons. The Kier molecular flexibility index (Phi) is 4.64. The standard InChI is InChI=1S/C12H19N3O/c1-2-3-4-7-15-11-6-5-9(12(14)16)8-10(11)13/h5-6,8,15H,2-4,7,13H2,1H3,(H2,14,16). The van der Waals surface area contributed by atoms with Crippen LogP contribution < -0.4 is 16.8 Å². The Morgan fingerprint density at radius 1 is 1.38 bits per heavy atom. The number of primary amides is 1. The van der Waals surface area contributed by atoms with Gasteiger partial charge < -0.3 is 16.8 Å². The van der Waals surface area contributed by atoms with Crippen LogP contribution in [0.2, 0.25) is 0 Å². The maximum Gasteiger partial charge on any atom is 0.248 e. The Morgan fingerprint density at radius 3 is 2.69 bits per heavy atom. The number of benzene rings is 1. The molecule has 5 N–H and O–H groups in total. The zero-order valence-corrected chi connectivity index (χ0v) is 9.62. The van der Waals surface area contributed by atoms with Crippen LogP contribution in [0.25, 0.3) is 0 Å². The highest BCUT2D eigenvalue weighted by Crippen LogP contribution is 2.19. The van der Waals surface area contributed by atoms with Crippen LogP contribution in [0.5, 0.6) is 0 Å². The van der Waals surface area contributed by atoms with Crippen LogP contribution >= 0.6 is 0 Å². The van der Waals surface area contributed by atoms with Crippen molar-refractivity contribution in [1.29, 1.82) is 0 Å². The van der Waals surface area contributed by atoms with Crippen LogP contribution in [0.15, 0.2) is 18.2 Å². The van der Waals surface area contributed by atoms with Gasteiger partial charge >= 0.3 is 0 Å². The molecule has 16 heavy (non-hydrogen) atoms. The van der Waals surface area contributed by atoms with Crippen molar-refractivity contribution in [3.05, 3.63) is 23.8 Å². The first kappa shape index (κ1) is 12.4. The number of nitrogens with one attached hydrogen (secondary N) is 1. The fourth-order valence-corrected chi connectivity index (χ4v) is 1.48. The van der Waals surface area contributed by atoms with E-state index >= 15 is 0 Å². The first-order valence-electron chi connectivity index (χ1n) is 5.58. The number of carbonyl (C=O) groups excluding carboxylic acids is 1. The van der Waals surface area contributed by atoms with Crippen molar-refractivity contribution >= 4 is 17.3 Å². The molecule has 0 saturated heterocycles. The topological polar surface area (TPSA) is 81.1 Å². The summed E-state index contributed by atoms with van der Waals surface area (Å²) in [6.07, 6.45) is 3.51. The third kappa shape index (κ3) is 3.46. The molecule has 88 valence electrons. The number of carbonyl (C=O) groups is 1. The van der Waals surface area contributed by atoms with E-state index in [-0.39, 0.29) is 0 Å². The highest BCUT2D eigenvalue weighted by atomic mass is 16.1. The molecule has 0 aromatic heterocycles. The van der Waals surface area contributed by atoms with Crippen molar-refractivity contribution in [3.8, 4) is 0 Å². The first-order valence-corrected chi connectivity index (χ1v) is 5.58. The minimum Gasteiger partial charge on any atom is -0.397 e. The lowest BCUT2D eigenvalue weighted by Gasteiger charge is -2.09. The summed E-state index contributed by atoms with van der Waals surface area (Å²) in [5, 5.41) is 3.24. The maximum absolute atomic E-state index is 10.9. The van der Waals surface area contributed by atoms with Gasteiger partial charge in [-0.2, -0.15) is 0 Å². The number of nitrogens with two attached hydrogens (primary N) is 2. The van der Waals surface area contributed by atoms with Crippen LogP contribution in [0.4, 0.5) is 11.4 Å². The summed E-state index contributed by atoms with van der Waals surface area (Å²) < 4.78 is 0. The summed E-state index contributed by atoms with van der Waals surface area (Å²) >= 11 is 0. The lowest BCUT2D eigenvalue weighted by atomic mass is 10.1. The van der Waals surface area contributed by atoms with Gasteiger partial charge in [-0.05, 0) is 24.6 Å². The smallest absolute Gasteiger partial charge is 0.248 e. The van der Waals surface area contributed by atoms with Gasteiger partial charge in [-0.3, -0.25) is 4.79 Å². The molecule has 0 atom stereocenters. The lowest BCUT2D eigenvalue weighted by Crippen LogP contribution is -2.12. The molecular formula is C12H19N3O. The summed E-state index contributed by atoms with van der Waals surface area (Å²) in [5.41, 5.74) is 12.8. The van der Waals surface area contributed by atoms with Crippen LogP contribution in [0.3, 0.4) is 0 Å². The molecule has 0 bridgehead atoms. The second-order valence-electron chi connectivity index (χ2n) is 3.80. The SMILES string of the molecule is CCCCCNc1ccc(C(N)=O)cc1N. The second kappa shape index (κ2) is 6.00. The number of hydrogen-bond acceptors (Lipinski definition) is 3. The summed E-state index contributed by atoms with van der Waals surface area (Å²) in [6.45, 7) is 3.06. The molecule has 1 rings (SSSR count). The van der Waals surface area contributed by atoms with E-state index in [9.17, 15) is 4.79 Å².